The molecule has 0 radical (unpaired) electrons. The van der Waals surface area contributed by atoms with E-state index in [0.29, 0.717) is 18.8 Å². The number of nitrogens with two attached hydrogens (primary N) is 1. The number of nitrogens with zero attached hydrogens (tertiary/aromatic N) is 1. The van der Waals surface area contributed by atoms with Crippen LogP contribution in [0.1, 0.15) is 0 Å². The minimum absolute atomic E-state index is 0.0770. The second-order valence-corrected chi connectivity index (χ2v) is 4.06. The van der Waals surface area contributed by atoms with Crippen molar-refractivity contribution in [3.63, 3.8) is 0 Å². The van der Waals surface area contributed by atoms with Crippen molar-refractivity contribution in [1.82, 2.24) is 5.32 Å². The highest BCUT2D eigenvalue weighted by molar-refractivity contribution is 5.91. The van der Waals surface area contributed by atoms with Crippen molar-refractivity contribution in [3.05, 3.63) is 24.3 Å². The molecular formula is C11H12F3N3O2. The predicted octanol–water partition coefficient (Wildman–Crippen LogP) is 1.44. The summed E-state index contributed by atoms with van der Waals surface area (Å²) in [5.41, 5.74) is 5.71. The largest absolute Gasteiger partial charge is 0.573 e. The summed E-state index contributed by atoms with van der Waals surface area (Å²) in [6, 6.07) is 4.30. The van der Waals surface area contributed by atoms with Crippen molar-refractivity contribution in [2.45, 2.75) is 12.4 Å². The number of alkyl halides is 3. The van der Waals surface area contributed by atoms with Crippen LogP contribution in [0.15, 0.2) is 24.3 Å². The summed E-state index contributed by atoms with van der Waals surface area (Å²) in [4.78, 5) is 12.7. The number of hydrogen-bond acceptors (Lipinski definition) is 3. The first-order valence-electron chi connectivity index (χ1n) is 5.52. The lowest BCUT2D eigenvalue weighted by Gasteiger charge is -2.37. The third-order valence-corrected chi connectivity index (χ3v) is 2.71. The van der Waals surface area contributed by atoms with Crippen LogP contribution in [0.2, 0.25) is 0 Å². The molecular weight excluding hydrogens is 263 g/mol. The molecule has 1 saturated heterocycles. The predicted molar refractivity (Wildman–Crippen MR) is 61.8 cm³/mol. The quantitative estimate of drug-likeness (QED) is 0.877. The van der Waals surface area contributed by atoms with Gasteiger partial charge in [0.2, 0.25) is 0 Å². The van der Waals surface area contributed by atoms with Crippen molar-refractivity contribution in [1.29, 1.82) is 0 Å². The zero-order valence-electron chi connectivity index (χ0n) is 9.78. The second-order valence-electron chi connectivity index (χ2n) is 4.06. The van der Waals surface area contributed by atoms with Gasteiger partial charge in [0.05, 0.1) is 6.04 Å². The fourth-order valence-electron chi connectivity index (χ4n) is 1.78. The van der Waals surface area contributed by atoms with Crippen molar-refractivity contribution < 1.29 is 22.7 Å². The maximum atomic E-state index is 12.0. The lowest BCUT2D eigenvalue weighted by molar-refractivity contribution is -0.274. The number of hydrogen-bond donors (Lipinski definition) is 2. The standard InChI is InChI=1S/C11H12F3N3O2/c12-11(13,14)19-9-3-1-7(2-4-9)17(10(15)18)8-5-16-6-8/h1-4,8,16H,5-6H2,(H2,15,18). The van der Waals surface area contributed by atoms with Crippen LogP contribution in [0.3, 0.4) is 0 Å². The zero-order valence-corrected chi connectivity index (χ0v) is 9.78. The van der Waals surface area contributed by atoms with Crippen LogP contribution in [0.5, 0.6) is 5.75 Å². The number of carbonyl (C=O) groups excluding carboxylic acids is 1. The van der Waals surface area contributed by atoms with E-state index in [1.165, 1.54) is 17.0 Å². The maximum absolute atomic E-state index is 12.0. The maximum Gasteiger partial charge on any atom is 0.573 e. The molecule has 2 amide bonds. The fraction of sp³-hybridized carbons (Fsp3) is 0.364. The first-order chi connectivity index (χ1) is 8.87. The summed E-state index contributed by atoms with van der Waals surface area (Å²) >= 11 is 0. The van der Waals surface area contributed by atoms with Crippen LogP contribution in [-0.4, -0.2) is 31.5 Å². The van der Waals surface area contributed by atoms with Gasteiger partial charge in [-0.1, -0.05) is 0 Å². The number of halogens is 3. The van der Waals surface area contributed by atoms with Gasteiger partial charge >= 0.3 is 12.4 Å². The van der Waals surface area contributed by atoms with Gasteiger partial charge in [-0.15, -0.1) is 13.2 Å². The van der Waals surface area contributed by atoms with Crippen LogP contribution in [0.4, 0.5) is 23.7 Å². The molecule has 1 fully saturated rings. The Morgan fingerprint density at radius 1 is 1.32 bits per heavy atom. The SMILES string of the molecule is NC(=O)N(c1ccc(OC(F)(F)F)cc1)C1CNC1. The van der Waals surface area contributed by atoms with Crippen molar-refractivity contribution in [2.24, 2.45) is 5.73 Å². The fourth-order valence-corrected chi connectivity index (χ4v) is 1.78. The van der Waals surface area contributed by atoms with Crippen molar-refractivity contribution >= 4 is 11.7 Å². The van der Waals surface area contributed by atoms with E-state index in [9.17, 15) is 18.0 Å². The van der Waals surface area contributed by atoms with Crippen LogP contribution in [0.25, 0.3) is 0 Å². The van der Waals surface area contributed by atoms with Gasteiger partial charge in [0.1, 0.15) is 5.75 Å². The number of carbonyl (C=O) groups is 1. The molecule has 1 heterocycles. The van der Waals surface area contributed by atoms with Crippen molar-refractivity contribution in [2.75, 3.05) is 18.0 Å². The molecule has 3 N–H and O–H groups in total. The molecule has 0 aromatic heterocycles. The van der Waals surface area contributed by atoms with Gasteiger partial charge in [-0.2, -0.15) is 0 Å². The normalized spacial score (nSPS) is 15.7. The van der Waals surface area contributed by atoms with E-state index in [1.54, 1.807) is 0 Å². The van der Waals surface area contributed by atoms with Gasteiger partial charge in [-0.25, -0.2) is 4.79 Å². The number of benzene rings is 1. The number of nitrogens with one attached hydrogen (secondary N) is 1. The molecule has 0 unspecified atom stereocenters. The molecule has 1 aliphatic rings. The summed E-state index contributed by atoms with van der Waals surface area (Å²) in [6.45, 7) is 1.20. The molecule has 0 atom stereocenters. The highest BCUT2D eigenvalue weighted by atomic mass is 19.4. The number of primary amides is 1. The number of amides is 2. The van der Waals surface area contributed by atoms with Gasteiger partial charge in [-0.3, -0.25) is 4.90 Å². The van der Waals surface area contributed by atoms with Crippen LogP contribution in [-0.2, 0) is 0 Å². The summed E-state index contributed by atoms with van der Waals surface area (Å²) in [5, 5.41) is 2.99. The van der Waals surface area contributed by atoms with E-state index in [-0.39, 0.29) is 11.8 Å². The number of anilines is 1. The molecule has 0 aliphatic carbocycles. The van der Waals surface area contributed by atoms with Gasteiger partial charge < -0.3 is 15.8 Å². The molecule has 1 aromatic carbocycles. The molecule has 0 saturated carbocycles. The molecule has 0 bridgehead atoms. The molecule has 104 valence electrons. The highest BCUT2D eigenvalue weighted by Crippen LogP contribution is 2.26. The summed E-state index contributed by atoms with van der Waals surface area (Å²) in [5.74, 6) is -0.340. The molecule has 2 rings (SSSR count). The number of urea groups is 1. The van der Waals surface area contributed by atoms with E-state index < -0.39 is 12.4 Å². The Labute approximate surface area is 107 Å². The van der Waals surface area contributed by atoms with Gasteiger partial charge in [0.15, 0.2) is 0 Å². The first-order valence-corrected chi connectivity index (χ1v) is 5.52. The summed E-state index contributed by atoms with van der Waals surface area (Å²) < 4.78 is 39.8. The van der Waals surface area contributed by atoms with E-state index in [2.05, 4.69) is 10.1 Å². The number of rotatable bonds is 3. The van der Waals surface area contributed by atoms with Crippen LogP contribution < -0.4 is 20.7 Å². The summed E-state index contributed by atoms with van der Waals surface area (Å²) in [6.07, 6.45) is -4.73. The lowest BCUT2D eigenvalue weighted by atomic mass is 10.1. The monoisotopic (exact) mass is 275 g/mol. The van der Waals surface area contributed by atoms with Gasteiger partial charge in [-0.05, 0) is 24.3 Å². The molecule has 5 nitrogen and oxygen atoms in total. The number of ether oxygens (including phenoxy) is 1. The third-order valence-electron chi connectivity index (χ3n) is 2.71. The van der Waals surface area contributed by atoms with E-state index in [1.807, 2.05) is 0 Å². The molecule has 1 aromatic rings. The highest BCUT2D eigenvalue weighted by Gasteiger charge is 2.32. The minimum atomic E-state index is -4.73. The topological polar surface area (TPSA) is 67.6 Å². The second kappa shape index (κ2) is 4.96. The molecule has 8 heteroatoms. The smallest absolute Gasteiger partial charge is 0.406 e. The van der Waals surface area contributed by atoms with Crippen LogP contribution >= 0.6 is 0 Å². The third kappa shape index (κ3) is 3.28. The Morgan fingerprint density at radius 2 is 1.89 bits per heavy atom. The Hall–Kier alpha value is -1.96. The first kappa shape index (κ1) is 13.5. The Balaban J connectivity index is 2.13. The van der Waals surface area contributed by atoms with Crippen molar-refractivity contribution in [3.8, 4) is 5.75 Å². The molecule has 0 spiro atoms. The Bertz CT molecular complexity index is 457. The zero-order chi connectivity index (χ0) is 14.0. The molecule has 1 aliphatic heterocycles. The average Bonchev–Trinajstić information content (AvgIpc) is 2.22. The molecule has 19 heavy (non-hydrogen) atoms. The lowest BCUT2D eigenvalue weighted by Crippen LogP contribution is -2.60. The summed E-state index contributed by atoms with van der Waals surface area (Å²) in [7, 11) is 0. The Morgan fingerprint density at radius 3 is 2.26 bits per heavy atom. The van der Waals surface area contributed by atoms with E-state index in [4.69, 9.17) is 5.73 Å². The van der Waals surface area contributed by atoms with Gasteiger partial charge in [0, 0.05) is 18.8 Å². The van der Waals surface area contributed by atoms with Gasteiger partial charge in [0.25, 0.3) is 0 Å². The minimum Gasteiger partial charge on any atom is -0.406 e. The van der Waals surface area contributed by atoms with Crippen LogP contribution in [0, 0.1) is 0 Å². The Kier molecular flexibility index (Phi) is 3.52. The van der Waals surface area contributed by atoms with E-state index in [0.717, 1.165) is 12.1 Å². The average molecular weight is 275 g/mol. The van der Waals surface area contributed by atoms with E-state index >= 15 is 0 Å².